The zero-order chi connectivity index (χ0) is 11.4. The lowest BCUT2D eigenvalue weighted by atomic mass is 9.88. The quantitative estimate of drug-likeness (QED) is 0.566. The fraction of sp³-hybridized carbons (Fsp3) is 0.462. The maximum atomic E-state index is 12.6. The first-order valence-corrected chi connectivity index (χ1v) is 5.55. The van der Waals surface area contributed by atoms with E-state index in [2.05, 4.69) is 4.99 Å². The molecule has 1 aliphatic carbocycles. The van der Waals surface area contributed by atoms with Gasteiger partial charge in [-0.25, -0.2) is 9.18 Å². The van der Waals surface area contributed by atoms with Crippen LogP contribution in [0.3, 0.4) is 0 Å². The number of nitrogens with zero attached hydrogens (tertiary/aromatic N) is 1. The first-order valence-electron chi connectivity index (χ1n) is 5.55. The smallest absolute Gasteiger partial charge is 0.235 e. The van der Waals surface area contributed by atoms with Gasteiger partial charge in [-0.1, -0.05) is 37.1 Å². The molecule has 3 heteroatoms. The maximum Gasteiger partial charge on any atom is 0.235 e. The molecule has 1 aromatic carbocycles. The molecule has 0 atom stereocenters. The van der Waals surface area contributed by atoms with Crippen molar-refractivity contribution < 1.29 is 9.18 Å². The molecule has 1 fully saturated rings. The minimum Gasteiger partial charge on any atom is -0.246 e. The highest BCUT2D eigenvalue weighted by molar-refractivity contribution is 5.39. The summed E-state index contributed by atoms with van der Waals surface area (Å²) >= 11 is 0. The molecule has 1 saturated carbocycles. The van der Waals surface area contributed by atoms with E-state index in [1.54, 1.807) is 12.1 Å². The Labute approximate surface area is 94.2 Å². The van der Waals surface area contributed by atoms with Gasteiger partial charge in [0.25, 0.3) is 0 Å². The Kier molecular flexibility index (Phi) is 3.16. The van der Waals surface area contributed by atoms with E-state index in [4.69, 9.17) is 0 Å². The zero-order valence-corrected chi connectivity index (χ0v) is 9.08. The van der Waals surface area contributed by atoms with Gasteiger partial charge in [-0.3, -0.25) is 0 Å². The molecule has 2 rings (SSSR count). The first-order chi connectivity index (χ1) is 7.80. The summed E-state index contributed by atoms with van der Waals surface area (Å²) in [6.07, 6.45) is 5.51. The van der Waals surface area contributed by atoms with Crippen molar-refractivity contribution in [3.63, 3.8) is 0 Å². The number of carbonyl (C=O) groups excluding carboxylic acids is 1. The Morgan fingerprint density at radius 3 is 2.75 bits per heavy atom. The highest BCUT2D eigenvalue weighted by atomic mass is 19.1. The van der Waals surface area contributed by atoms with Gasteiger partial charge in [0, 0.05) is 0 Å². The molecule has 0 bridgehead atoms. The molecule has 0 aromatic heterocycles. The van der Waals surface area contributed by atoms with Crippen molar-refractivity contribution in [1.29, 1.82) is 0 Å². The summed E-state index contributed by atoms with van der Waals surface area (Å²) in [6, 6.07) is 7.30. The van der Waals surface area contributed by atoms with Crippen molar-refractivity contribution in [2.75, 3.05) is 0 Å². The average Bonchev–Trinajstić information content (AvgIpc) is 2.80. The monoisotopic (exact) mass is 219 g/mol. The van der Waals surface area contributed by atoms with Gasteiger partial charge in [0.1, 0.15) is 6.67 Å². The van der Waals surface area contributed by atoms with Gasteiger partial charge in [-0.05, 0) is 24.0 Å². The van der Waals surface area contributed by atoms with Crippen molar-refractivity contribution in [1.82, 2.24) is 0 Å². The van der Waals surface area contributed by atoms with Crippen LogP contribution in [0.4, 0.5) is 4.39 Å². The average molecular weight is 219 g/mol. The number of hydrogen-bond acceptors (Lipinski definition) is 2. The van der Waals surface area contributed by atoms with Crippen LogP contribution in [0.15, 0.2) is 29.3 Å². The molecule has 16 heavy (non-hydrogen) atoms. The second kappa shape index (κ2) is 4.58. The maximum absolute atomic E-state index is 12.6. The lowest BCUT2D eigenvalue weighted by Crippen LogP contribution is -2.18. The summed E-state index contributed by atoms with van der Waals surface area (Å²) in [4.78, 5) is 14.5. The predicted octanol–water partition coefficient (Wildman–Crippen LogP) is 3.26. The number of isocyanates is 1. The van der Waals surface area contributed by atoms with Crippen molar-refractivity contribution in [3.05, 3.63) is 35.4 Å². The second-order valence-electron chi connectivity index (χ2n) is 4.28. The van der Waals surface area contributed by atoms with E-state index < -0.39 is 12.2 Å². The van der Waals surface area contributed by atoms with E-state index in [1.165, 1.54) is 0 Å². The van der Waals surface area contributed by atoms with Crippen LogP contribution in [0.2, 0.25) is 0 Å². The highest BCUT2D eigenvalue weighted by Crippen LogP contribution is 2.42. The number of benzene rings is 1. The largest absolute Gasteiger partial charge is 0.246 e. The van der Waals surface area contributed by atoms with E-state index in [0.29, 0.717) is 5.56 Å². The fourth-order valence-electron chi connectivity index (χ4n) is 2.46. The number of alkyl halides is 1. The first kappa shape index (κ1) is 11.0. The van der Waals surface area contributed by atoms with Crippen LogP contribution in [0.1, 0.15) is 36.8 Å². The van der Waals surface area contributed by atoms with Crippen LogP contribution in [-0.2, 0) is 17.0 Å². The molecule has 1 aromatic rings. The van der Waals surface area contributed by atoms with E-state index in [9.17, 15) is 9.18 Å². The van der Waals surface area contributed by atoms with E-state index in [1.807, 2.05) is 18.2 Å². The van der Waals surface area contributed by atoms with Gasteiger partial charge in [-0.15, -0.1) is 0 Å². The summed E-state index contributed by atoms with van der Waals surface area (Å²) in [5.74, 6) is 0. The molecule has 0 unspecified atom stereocenters. The minimum absolute atomic E-state index is 0.438. The number of aliphatic imine (C=N–C) groups is 1. The van der Waals surface area contributed by atoms with Crippen LogP contribution in [-0.4, -0.2) is 6.08 Å². The SMILES string of the molecule is O=C=NC1(c2cccc(CF)c2)CCCC1. The van der Waals surface area contributed by atoms with E-state index in [-0.39, 0.29) is 0 Å². The zero-order valence-electron chi connectivity index (χ0n) is 9.08. The summed E-state index contributed by atoms with van der Waals surface area (Å²) in [5, 5.41) is 0. The third kappa shape index (κ3) is 1.91. The Bertz CT molecular complexity index is 418. The molecular formula is C13H14FNO. The van der Waals surface area contributed by atoms with Crippen LogP contribution in [0.5, 0.6) is 0 Å². The van der Waals surface area contributed by atoms with Crippen LogP contribution >= 0.6 is 0 Å². The molecular weight excluding hydrogens is 205 g/mol. The second-order valence-corrected chi connectivity index (χ2v) is 4.28. The Morgan fingerprint density at radius 1 is 1.38 bits per heavy atom. The van der Waals surface area contributed by atoms with E-state index in [0.717, 1.165) is 31.2 Å². The standard InChI is InChI=1S/C13H14FNO/c14-9-11-4-3-5-12(8-11)13(15-10-16)6-1-2-7-13/h3-5,8H,1-2,6-7,9H2. The molecule has 0 saturated heterocycles. The normalized spacial score (nSPS) is 18.1. The van der Waals surface area contributed by atoms with Crippen molar-refractivity contribution in [3.8, 4) is 0 Å². The third-order valence-electron chi connectivity index (χ3n) is 3.31. The molecule has 84 valence electrons. The van der Waals surface area contributed by atoms with Gasteiger partial charge >= 0.3 is 0 Å². The molecule has 0 heterocycles. The summed E-state index contributed by atoms with van der Waals surface area (Å²) in [5.41, 5.74) is 1.15. The fourth-order valence-corrected chi connectivity index (χ4v) is 2.46. The Hall–Kier alpha value is -1.47. The minimum atomic E-state index is -0.477. The summed E-state index contributed by atoms with van der Waals surface area (Å²) < 4.78 is 12.6. The number of hydrogen-bond donors (Lipinski definition) is 0. The van der Waals surface area contributed by atoms with Gasteiger partial charge < -0.3 is 0 Å². The topological polar surface area (TPSA) is 29.4 Å². The Morgan fingerprint density at radius 2 is 2.12 bits per heavy atom. The lowest BCUT2D eigenvalue weighted by Gasteiger charge is -2.23. The van der Waals surface area contributed by atoms with E-state index >= 15 is 0 Å². The van der Waals surface area contributed by atoms with Gasteiger partial charge in [0.2, 0.25) is 6.08 Å². The summed E-state index contributed by atoms with van der Waals surface area (Å²) in [7, 11) is 0. The molecule has 0 spiro atoms. The van der Waals surface area contributed by atoms with Gasteiger partial charge in [-0.2, -0.15) is 4.99 Å². The highest BCUT2D eigenvalue weighted by Gasteiger charge is 2.35. The van der Waals surface area contributed by atoms with Crippen LogP contribution in [0, 0.1) is 0 Å². The van der Waals surface area contributed by atoms with Crippen molar-refractivity contribution in [2.24, 2.45) is 4.99 Å². The molecule has 2 nitrogen and oxygen atoms in total. The Balaban J connectivity index is 2.42. The van der Waals surface area contributed by atoms with Crippen LogP contribution < -0.4 is 0 Å². The third-order valence-corrected chi connectivity index (χ3v) is 3.31. The van der Waals surface area contributed by atoms with Crippen molar-refractivity contribution in [2.45, 2.75) is 37.9 Å². The lowest BCUT2D eigenvalue weighted by molar-refractivity contribution is 0.451. The predicted molar refractivity (Wildman–Crippen MR) is 59.5 cm³/mol. The molecule has 0 N–H and O–H groups in total. The summed E-state index contributed by atoms with van der Waals surface area (Å²) in [6.45, 7) is -0.477. The van der Waals surface area contributed by atoms with Crippen LogP contribution in [0.25, 0.3) is 0 Å². The number of rotatable bonds is 3. The molecule has 0 aliphatic heterocycles. The van der Waals surface area contributed by atoms with Gasteiger partial charge in [0.15, 0.2) is 0 Å². The number of halogens is 1. The molecule has 0 radical (unpaired) electrons. The molecule has 0 amide bonds. The van der Waals surface area contributed by atoms with Crippen molar-refractivity contribution >= 4 is 6.08 Å². The molecule has 1 aliphatic rings. The van der Waals surface area contributed by atoms with Gasteiger partial charge in [0.05, 0.1) is 5.54 Å².